The zero-order valence-electron chi connectivity index (χ0n) is 10.4. The molecule has 104 valence electrons. The fraction of sp³-hybridized carbons (Fsp3) is 0. The molecule has 2 aromatic carbocycles. The summed E-state index contributed by atoms with van der Waals surface area (Å²) in [5.41, 5.74) is 0. The average molecular weight is 314 g/mol. The van der Waals surface area contributed by atoms with Crippen molar-refractivity contribution in [2.24, 2.45) is 9.24 Å². The molecule has 0 amide bonds. The zero-order valence-corrected chi connectivity index (χ0v) is 11.4. The zero-order chi connectivity index (χ0) is 14.2. The van der Waals surface area contributed by atoms with E-state index in [-0.39, 0.29) is 0 Å². The molecule has 0 atom stereocenters. The van der Waals surface area contributed by atoms with E-state index in [9.17, 15) is 5.11 Å². The van der Waals surface area contributed by atoms with Gasteiger partial charge >= 0.3 is 60.7 Å². The van der Waals surface area contributed by atoms with Gasteiger partial charge in [-0.3, -0.25) is 0 Å². The van der Waals surface area contributed by atoms with Gasteiger partial charge in [-0.1, -0.05) is 36.4 Å². The van der Waals surface area contributed by atoms with E-state index in [0.29, 0.717) is 11.6 Å². The number of hydrogen-bond donors (Lipinski definition) is 1. The second-order valence-corrected chi connectivity index (χ2v) is 4.03. The third-order valence-electron chi connectivity index (χ3n) is 2.55. The number of rotatable bonds is 1. The van der Waals surface area contributed by atoms with Crippen LogP contribution >= 0.6 is 0 Å². The first-order valence-corrected chi connectivity index (χ1v) is 6.30. The summed E-state index contributed by atoms with van der Waals surface area (Å²) in [4.78, 5) is 3.84. The standard InChI is InChI=1S/C10H8O.C5H4N3.Cu/c11-10-7-3-5-8-4-1-2-6-9(8)10;6-8-5-3-1-2-4-7-5;/h1-7,11H;1-4H;/q;-1;+1. The van der Waals surface area contributed by atoms with Crippen molar-refractivity contribution in [3.63, 3.8) is 0 Å². The molecule has 1 N–H and O–H groups in total. The number of pyridine rings is 1. The van der Waals surface area contributed by atoms with Crippen LogP contribution in [-0.4, -0.2) is 10.1 Å². The molecule has 0 aliphatic carbocycles. The number of benzene rings is 2. The first kappa shape index (κ1) is 14.2. The molecule has 0 radical (unpaired) electrons. The van der Waals surface area contributed by atoms with Gasteiger partial charge in [-0.2, -0.15) is 0 Å². The quantitative estimate of drug-likeness (QED) is 0.541. The monoisotopic (exact) mass is 313 g/mol. The molecular formula is C15H12CuN3O. The third-order valence-corrected chi connectivity index (χ3v) is 2.64. The molecule has 3 rings (SSSR count). The fourth-order valence-corrected chi connectivity index (χ4v) is 1.75. The van der Waals surface area contributed by atoms with E-state index in [1.54, 1.807) is 24.4 Å². The Balaban J connectivity index is 0.000000151. The maximum atomic E-state index is 9.37. The van der Waals surface area contributed by atoms with E-state index in [1.807, 2.05) is 42.5 Å². The SMILES string of the molecule is Oc1cccc2ccccc12.[Cu][N]=Nc1ccccn1. The first-order valence-electron chi connectivity index (χ1n) is 5.87. The molecule has 0 aliphatic rings. The second kappa shape index (κ2) is 7.38. The average Bonchev–Trinajstić information content (AvgIpc) is 2.50. The molecule has 0 aliphatic heterocycles. The maximum absolute atomic E-state index is 9.37. The number of phenolic OH excluding ortho intramolecular Hbond substituents is 1. The fourth-order valence-electron chi connectivity index (χ4n) is 1.65. The van der Waals surface area contributed by atoms with E-state index in [1.165, 1.54) is 0 Å². The van der Waals surface area contributed by atoms with Gasteiger partial charge in [-0.05, 0) is 11.5 Å². The summed E-state index contributed by atoms with van der Waals surface area (Å²) in [6, 6.07) is 18.6. The summed E-state index contributed by atoms with van der Waals surface area (Å²) in [6.07, 6.45) is 1.64. The number of hydrogen-bond acceptors (Lipinski definition) is 4. The van der Waals surface area contributed by atoms with Gasteiger partial charge in [0.2, 0.25) is 0 Å². The Bertz CT molecular complexity index is 696. The molecule has 20 heavy (non-hydrogen) atoms. The van der Waals surface area contributed by atoms with E-state index in [4.69, 9.17) is 0 Å². The van der Waals surface area contributed by atoms with Crippen molar-refractivity contribution in [1.82, 2.24) is 4.98 Å². The van der Waals surface area contributed by atoms with Crippen molar-refractivity contribution >= 4 is 16.6 Å². The summed E-state index contributed by atoms with van der Waals surface area (Å²) >= 11 is 4.38. The summed E-state index contributed by atoms with van der Waals surface area (Å²) in [5, 5.41) is 14.9. The topological polar surface area (TPSA) is 57.8 Å². The molecule has 0 bridgehead atoms. The molecule has 1 heterocycles. The van der Waals surface area contributed by atoms with Crippen LogP contribution in [0.1, 0.15) is 0 Å². The van der Waals surface area contributed by atoms with Crippen LogP contribution in [0, 0.1) is 0 Å². The number of phenols is 1. The van der Waals surface area contributed by atoms with Gasteiger partial charge in [-0.15, -0.1) is 0 Å². The van der Waals surface area contributed by atoms with Gasteiger partial charge in [0.15, 0.2) is 0 Å². The van der Waals surface area contributed by atoms with Crippen LogP contribution in [0.2, 0.25) is 0 Å². The second-order valence-electron chi connectivity index (χ2n) is 3.85. The van der Waals surface area contributed by atoms with Crippen molar-refractivity contribution in [3.8, 4) is 5.75 Å². The molecule has 5 heteroatoms. The third kappa shape index (κ3) is 3.88. The van der Waals surface area contributed by atoms with Gasteiger partial charge in [-0.25, -0.2) is 0 Å². The molecule has 0 saturated carbocycles. The number of nitrogens with zero attached hydrogens (tertiary/aromatic N) is 3. The first-order chi connectivity index (χ1) is 9.81. The predicted molar refractivity (Wildman–Crippen MR) is 74.4 cm³/mol. The summed E-state index contributed by atoms with van der Waals surface area (Å²) in [7, 11) is 0. The summed E-state index contributed by atoms with van der Waals surface area (Å²) in [5.74, 6) is 0.893. The van der Waals surface area contributed by atoms with Crippen LogP contribution in [0.15, 0.2) is 76.1 Å². The Kier molecular flexibility index (Phi) is 5.23. The number of aromatic nitrogens is 1. The Labute approximate surface area is 125 Å². The van der Waals surface area contributed by atoms with Gasteiger partial charge in [0.1, 0.15) is 5.75 Å². The minimum atomic E-state index is 0.350. The Morgan fingerprint density at radius 3 is 2.35 bits per heavy atom. The van der Waals surface area contributed by atoms with E-state index in [2.05, 4.69) is 30.5 Å². The van der Waals surface area contributed by atoms with E-state index in [0.717, 1.165) is 10.8 Å². The van der Waals surface area contributed by atoms with Crippen molar-refractivity contribution in [3.05, 3.63) is 66.9 Å². The summed E-state index contributed by atoms with van der Waals surface area (Å²) in [6.45, 7) is 0. The number of aromatic hydroxyl groups is 1. The molecule has 4 nitrogen and oxygen atoms in total. The Morgan fingerprint density at radius 2 is 1.65 bits per heavy atom. The molecule has 1 aromatic heterocycles. The minimum absolute atomic E-state index is 0.350. The van der Waals surface area contributed by atoms with Crippen molar-refractivity contribution in [2.75, 3.05) is 0 Å². The molecule has 3 aromatic rings. The van der Waals surface area contributed by atoms with Crippen LogP contribution < -0.4 is 0 Å². The van der Waals surface area contributed by atoms with Crippen LogP contribution in [0.5, 0.6) is 5.75 Å². The molecular weight excluding hydrogens is 302 g/mol. The molecule has 0 unspecified atom stereocenters. The molecule has 0 spiro atoms. The Morgan fingerprint density at radius 1 is 0.900 bits per heavy atom. The van der Waals surface area contributed by atoms with Crippen LogP contribution in [-0.2, 0) is 16.2 Å². The van der Waals surface area contributed by atoms with E-state index >= 15 is 0 Å². The molecule has 0 fully saturated rings. The van der Waals surface area contributed by atoms with E-state index < -0.39 is 0 Å². The normalized spacial score (nSPS) is 10.3. The predicted octanol–water partition coefficient (Wildman–Crippen LogP) is 4.17. The van der Waals surface area contributed by atoms with Crippen LogP contribution in [0.25, 0.3) is 10.8 Å². The van der Waals surface area contributed by atoms with Crippen molar-refractivity contribution in [1.29, 1.82) is 0 Å². The van der Waals surface area contributed by atoms with Crippen LogP contribution in [0.4, 0.5) is 5.82 Å². The summed E-state index contributed by atoms with van der Waals surface area (Å²) < 4.78 is 3.13. The van der Waals surface area contributed by atoms with Crippen molar-refractivity contribution in [2.45, 2.75) is 0 Å². The van der Waals surface area contributed by atoms with Gasteiger partial charge in [0.25, 0.3) is 0 Å². The van der Waals surface area contributed by atoms with Gasteiger partial charge in [0, 0.05) is 5.39 Å². The van der Waals surface area contributed by atoms with Gasteiger partial charge < -0.3 is 5.11 Å². The number of fused-ring (bicyclic) bond motifs is 1. The van der Waals surface area contributed by atoms with Crippen LogP contribution in [0.3, 0.4) is 0 Å². The van der Waals surface area contributed by atoms with Gasteiger partial charge in [0.05, 0.1) is 0 Å². The molecule has 0 saturated heterocycles. The van der Waals surface area contributed by atoms with Crippen molar-refractivity contribution < 1.29 is 21.3 Å². The Hall–Kier alpha value is -2.23.